The van der Waals surface area contributed by atoms with Crippen LogP contribution in [-0.2, 0) is 41.4 Å². The molecule has 7 heterocycles. The molecule has 21 nitrogen and oxygen atoms in total. The van der Waals surface area contributed by atoms with E-state index in [1.165, 1.54) is 28.9 Å². The number of alkyl halides is 1. The number of H-pyrrole nitrogens is 1. The molecular weight excluding hydrogens is 660 g/mol. The van der Waals surface area contributed by atoms with Gasteiger partial charge in [0, 0.05) is 7.11 Å². The van der Waals surface area contributed by atoms with Gasteiger partial charge in [0.2, 0.25) is 5.95 Å². The zero-order valence-electron chi connectivity index (χ0n) is 23.9. The summed E-state index contributed by atoms with van der Waals surface area (Å²) in [6, 6.07) is 0. The first-order valence-corrected chi connectivity index (χ1v) is 17.0. The Balaban J connectivity index is 1.22. The van der Waals surface area contributed by atoms with Gasteiger partial charge in [0.25, 0.3) is 20.6 Å². The third kappa shape index (κ3) is 5.41. The lowest BCUT2D eigenvalue weighted by Gasteiger charge is -2.26. The SMILES string of the molecule is B[P@@]1(=O)OCC2OC(n3cnc4c(=O)[nH]c(N)nc43)C(OP(=O)(O)OCC3OC(n4cnc5c(N)ncnc54)C(F)C3O1)C2OC. The molecule has 0 aromatic carbocycles. The van der Waals surface area contributed by atoms with Gasteiger partial charge >= 0.3 is 7.82 Å². The Kier molecular flexibility index (Phi) is 7.75. The second-order valence-corrected chi connectivity index (χ2v) is 14.0. The predicted octanol–water partition coefficient (Wildman–Crippen LogP) is -1.07. The molecule has 9 unspecified atom stereocenters. The number of nitrogens with one attached hydrogen (secondary N) is 1. The summed E-state index contributed by atoms with van der Waals surface area (Å²) in [7, 11) is -6.73. The summed E-state index contributed by atoms with van der Waals surface area (Å²) in [6.07, 6.45) is -7.89. The van der Waals surface area contributed by atoms with Gasteiger partial charge < -0.3 is 39.6 Å². The van der Waals surface area contributed by atoms with Crippen LogP contribution in [0.2, 0.25) is 0 Å². The highest BCUT2D eigenvalue weighted by Gasteiger charge is 2.54. The molecule has 10 atom stereocenters. The third-order valence-electron chi connectivity index (χ3n) is 7.65. The highest BCUT2D eigenvalue weighted by atomic mass is 31.2. The van der Waals surface area contributed by atoms with E-state index in [1.807, 2.05) is 0 Å². The Bertz CT molecular complexity index is 1960. The van der Waals surface area contributed by atoms with Crippen molar-refractivity contribution in [2.75, 3.05) is 31.8 Å². The lowest BCUT2D eigenvalue weighted by molar-refractivity contribution is -0.0630. The Labute approximate surface area is 257 Å². The molecule has 25 heteroatoms. The van der Waals surface area contributed by atoms with Gasteiger partial charge in [-0.05, 0) is 0 Å². The van der Waals surface area contributed by atoms with E-state index in [0.29, 0.717) is 0 Å². The molecule has 0 saturated carbocycles. The number of aromatic nitrogens is 8. The van der Waals surface area contributed by atoms with E-state index in [1.54, 1.807) is 0 Å². The number of nitrogen functional groups attached to an aromatic ring is 2. The molecule has 3 fully saturated rings. The minimum atomic E-state index is -5.03. The maximum atomic E-state index is 16.1. The van der Waals surface area contributed by atoms with Gasteiger partial charge in [-0.25, -0.2) is 28.9 Å². The molecule has 4 aromatic heterocycles. The topological polar surface area (TPSA) is 278 Å². The number of rotatable bonds is 3. The quantitative estimate of drug-likeness (QED) is 0.147. The summed E-state index contributed by atoms with van der Waals surface area (Å²) in [5.41, 5.74) is 11.1. The van der Waals surface area contributed by atoms with Gasteiger partial charge in [-0.15, -0.1) is 0 Å². The van der Waals surface area contributed by atoms with Crippen LogP contribution in [0.4, 0.5) is 16.2 Å². The average molecular weight is 686 g/mol. The molecular formula is C21H26BFN10O11P2. The average Bonchev–Trinajstić information content (AvgIpc) is 3.75. The zero-order valence-corrected chi connectivity index (χ0v) is 25.6. The smallest absolute Gasteiger partial charge is 0.382 e. The van der Waals surface area contributed by atoms with Gasteiger partial charge in [0.15, 0.2) is 41.3 Å². The first kappa shape index (κ1) is 31.2. The van der Waals surface area contributed by atoms with Gasteiger partial charge in [0.1, 0.15) is 42.4 Å². The molecule has 2 bridgehead atoms. The number of anilines is 2. The van der Waals surface area contributed by atoms with E-state index in [2.05, 4.69) is 29.9 Å². The number of ether oxygens (including phenoxy) is 3. The number of hydrogen-bond acceptors (Lipinski definition) is 17. The van der Waals surface area contributed by atoms with Crippen molar-refractivity contribution >= 4 is 57.0 Å². The monoisotopic (exact) mass is 686 g/mol. The molecule has 46 heavy (non-hydrogen) atoms. The number of fused-ring (bicyclic) bond motifs is 5. The summed E-state index contributed by atoms with van der Waals surface area (Å²) in [4.78, 5) is 45.8. The number of hydrogen-bond donors (Lipinski definition) is 4. The molecule has 0 amide bonds. The molecule has 0 radical (unpaired) electrons. The van der Waals surface area contributed by atoms with Crippen molar-refractivity contribution in [3.05, 3.63) is 29.3 Å². The fraction of sp³-hybridized carbons (Fsp3) is 0.524. The number of nitrogens with two attached hydrogens (primary N) is 2. The van der Waals surface area contributed by atoms with Gasteiger partial charge in [-0.1, -0.05) is 0 Å². The standard InChI is InChI=1S/C21H26BFN10O11P2/c1-38-13-8-2-39-45(22,35)43-12-7(41-19(9(12)23)32-5-28-10-15(24)26-4-27-16(10)32)3-40-46(36,37)44-14(13)20(42-8)33-6-29-11-17(33)30-21(25)31-18(11)34/h4-9,12-14,19-20H,2-3,22H2,1H3,(H,36,37)(H2,24,26,27)(H3,25,30,31,34)/t7?,8?,9?,12?,13?,14?,19?,20?,45-/m1/s1. The number of phosphoric ester groups is 1. The van der Waals surface area contributed by atoms with Crippen molar-refractivity contribution in [3.63, 3.8) is 0 Å². The van der Waals surface area contributed by atoms with Gasteiger partial charge in [-0.2, -0.15) is 4.98 Å². The lowest BCUT2D eigenvalue weighted by Crippen LogP contribution is -2.37. The van der Waals surface area contributed by atoms with Crippen LogP contribution in [0.5, 0.6) is 0 Å². The predicted molar refractivity (Wildman–Crippen MR) is 153 cm³/mol. The van der Waals surface area contributed by atoms with E-state index in [9.17, 15) is 18.8 Å². The molecule has 3 aliphatic rings. The van der Waals surface area contributed by atoms with Crippen LogP contribution in [-0.4, -0.2) is 109 Å². The van der Waals surface area contributed by atoms with E-state index in [-0.39, 0.29) is 34.1 Å². The minimum Gasteiger partial charge on any atom is -0.382 e. The van der Waals surface area contributed by atoms with E-state index in [0.717, 1.165) is 13.9 Å². The number of halogens is 1. The van der Waals surface area contributed by atoms with Gasteiger partial charge in [-0.3, -0.25) is 32.5 Å². The molecule has 3 aliphatic heterocycles. The highest BCUT2D eigenvalue weighted by Crippen LogP contribution is 2.54. The van der Waals surface area contributed by atoms with Gasteiger partial charge in [0.05, 0.1) is 25.9 Å². The van der Waals surface area contributed by atoms with Crippen molar-refractivity contribution in [2.45, 2.75) is 49.1 Å². The molecule has 3 saturated heterocycles. The lowest BCUT2D eigenvalue weighted by atomic mass is 10.1. The third-order valence-corrected chi connectivity index (χ3v) is 9.88. The van der Waals surface area contributed by atoms with Crippen LogP contribution in [0.15, 0.2) is 23.8 Å². The Morgan fingerprint density at radius 2 is 1.70 bits per heavy atom. The number of imidazole rings is 2. The van der Waals surface area contributed by atoms with E-state index in [4.69, 9.17) is 43.8 Å². The molecule has 7 rings (SSSR count). The second kappa shape index (κ2) is 11.4. The summed E-state index contributed by atoms with van der Waals surface area (Å²) in [6.45, 7) is -1.23. The highest BCUT2D eigenvalue weighted by molar-refractivity contribution is 7.79. The number of methoxy groups -OCH3 is 1. The Morgan fingerprint density at radius 3 is 2.46 bits per heavy atom. The number of nitrogens with zero attached hydrogens (tertiary/aromatic N) is 7. The maximum absolute atomic E-state index is 16.1. The first-order chi connectivity index (χ1) is 21.9. The van der Waals surface area contributed by atoms with Crippen LogP contribution in [0.25, 0.3) is 22.3 Å². The van der Waals surface area contributed by atoms with Crippen LogP contribution in [0.1, 0.15) is 12.5 Å². The van der Waals surface area contributed by atoms with Crippen LogP contribution in [0, 0.1) is 0 Å². The van der Waals surface area contributed by atoms with Crippen molar-refractivity contribution in [1.29, 1.82) is 0 Å². The van der Waals surface area contributed by atoms with Crippen molar-refractivity contribution in [3.8, 4) is 0 Å². The van der Waals surface area contributed by atoms with Crippen LogP contribution in [0.3, 0.4) is 0 Å². The minimum absolute atomic E-state index is 0.0307. The molecule has 0 spiro atoms. The zero-order chi connectivity index (χ0) is 32.5. The summed E-state index contributed by atoms with van der Waals surface area (Å²) < 4.78 is 85.1. The Hall–Kier alpha value is -3.37. The van der Waals surface area contributed by atoms with Crippen LogP contribution < -0.4 is 17.0 Å². The maximum Gasteiger partial charge on any atom is 0.472 e. The summed E-state index contributed by atoms with van der Waals surface area (Å²) in [5, 5.41) is 0. The molecule has 246 valence electrons. The van der Waals surface area contributed by atoms with Crippen molar-refractivity contribution in [2.24, 2.45) is 0 Å². The van der Waals surface area contributed by atoms with Crippen molar-refractivity contribution in [1.82, 2.24) is 39.0 Å². The largest absolute Gasteiger partial charge is 0.472 e. The fourth-order valence-corrected chi connectivity index (χ4v) is 7.74. The summed E-state index contributed by atoms with van der Waals surface area (Å²) >= 11 is 0. The van der Waals surface area contributed by atoms with E-state index < -0.39 is 83.2 Å². The second-order valence-electron chi connectivity index (χ2n) is 10.6. The normalized spacial score (nSPS) is 37.1. The molecule has 0 aliphatic carbocycles. The number of aromatic amines is 1. The first-order valence-electron chi connectivity index (χ1n) is 13.5. The fourth-order valence-electron chi connectivity index (χ4n) is 5.64. The number of phosphoric acid groups is 1. The van der Waals surface area contributed by atoms with E-state index >= 15 is 4.39 Å². The summed E-state index contributed by atoms with van der Waals surface area (Å²) in [5.74, 6) is -0.182. The molecule has 6 N–H and O–H groups in total. The molecule has 4 aromatic rings. The Morgan fingerprint density at radius 1 is 1.00 bits per heavy atom. The van der Waals surface area contributed by atoms with Crippen LogP contribution >= 0.6 is 15.3 Å². The van der Waals surface area contributed by atoms with Crippen molar-refractivity contribution < 1.29 is 50.7 Å².